The lowest BCUT2D eigenvalue weighted by Crippen LogP contribution is -2.54. The maximum atomic E-state index is 13.1. The Labute approximate surface area is 185 Å². The van der Waals surface area contributed by atoms with Gasteiger partial charge in [0.1, 0.15) is 5.57 Å². The van der Waals surface area contributed by atoms with Crippen molar-refractivity contribution in [3.8, 4) is 11.5 Å². The predicted molar refractivity (Wildman–Crippen MR) is 119 cm³/mol. The summed E-state index contributed by atoms with van der Waals surface area (Å²) >= 11 is 6.33. The molecule has 1 saturated heterocycles. The van der Waals surface area contributed by atoms with E-state index in [4.69, 9.17) is 21.1 Å². The van der Waals surface area contributed by atoms with Gasteiger partial charge < -0.3 is 9.47 Å². The van der Waals surface area contributed by atoms with Crippen molar-refractivity contribution in [3.05, 3.63) is 58.1 Å². The molecular weight excluding hydrogens is 420 g/mol. The molecule has 31 heavy (non-hydrogen) atoms. The van der Waals surface area contributed by atoms with E-state index >= 15 is 0 Å². The van der Waals surface area contributed by atoms with E-state index in [1.165, 1.54) is 6.08 Å². The number of nitrogens with zero attached hydrogens (tertiary/aromatic N) is 1. The number of nitrogens with one attached hydrogen (secondary N) is 1. The number of rotatable bonds is 7. The average molecular weight is 443 g/mol. The normalized spacial score (nSPS) is 15.3. The van der Waals surface area contributed by atoms with Gasteiger partial charge >= 0.3 is 6.03 Å². The summed E-state index contributed by atoms with van der Waals surface area (Å²) in [7, 11) is 0. The van der Waals surface area contributed by atoms with Crippen LogP contribution < -0.4 is 19.7 Å². The first-order valence-corrected chi connectivity index (χ1v) is 10.4. The molecule has 1 heterocycles. The molecule has 0 radical (unpaired) electrons. The fourth-order valence-corrected chi connectivity index (χ4v) is 3.43. The number of amides is 4. The van der Waals surface area contributed by atoms with Crippen molar-refractivity contribution >= 4 is 41.2 Å². The van der Waals surface area contributed by atoms with Gasteiger partial charge in [0.05, 0.1) is 23.9 Å². The van der Waals surface area contributed by atoms with Crippen LogP contribution in [0.2, 0.25) is 5.02 Å². The number of ether oxygens (including phenoxy) is 2. The second-order valence-corrected chi connectivity index (χ2v) is 7.08. The predicted octanol–water partition coefficient (Wildman–Crippen LogP) is 4.37. The number of urea groups is 1. The van der Waals surface area contributed by atoms with Crippen LogP contribution in [0.1, 0.15) is 31.9 Å². The molecular formula is C23H23ClN2O5. The Morgan fingerprint density at radius 1 is 1.00 bits per heavy atom. The monoisotopic (exact) mass is 442 g/mol. The highest BCUT2D eigenvalue weighted by molar-refractivity contribution is 6.39. The number of hydrogen-bond acceptors (Lipinski definition) is 5. The highest BCUT2D eigenvalue weighted by atomic mass is 35.5. The lowest BCUT2D eigenvalue weighted by atomic mass is 10.1. The Hall–Kier alpha value is -3.32. The van der Waals surface area contributed by atoms with Crippen LogP contribution in [0.5, 0.6) is 11.5 Å². The van der Waals surface area contributed by atoms with Crippen molar-refractivity contribution in [2.75, 3.05) is 18.1 Å². The molecule has 1 fully saturated rings. The quantitative estimate of drug-likeness (QED) is 0.508. The number of barbiturate groups is 1. The summed E-state index contributed by atoms with van der Waals surface area (Å²) in [4.78, 5) is 38.8. The molecule has 0 spiro atoms. The lowest BCUT2D eigenvalue weighted by molar-refractivity contribution is -0.122. The number of halogens is 1. The standard InChI is InChI=1S/C23H23ClN2O5/c1-4-14-7-9-16(10-8-14)26-22(28)17(21(27)25-23(26)29)11-15-12-18(24)20(31-6-3)19(13-15)30-5-2/h7-13H,4-6H2,1-3H3,(H,25,27,29)/b17-11-. The van der Waals surface area contributed by atoms with Crippen LogP contribution in [-0.4, -0.2) is 31.1 Å². The van der Waals surface area contributed by atoms with Crippen LogP contribution in [-0.2, 0) is 16.0 Å². The number of imide groups is 2. The minimum atomic E-state index is -0.795. The second-order valence-electron chi connectivity index (χ2n) is 6.67. The number of anilines is 1. The molecule has 1 aliphatic rings. The van der Waals surface area contributed by atoms with Crippen LogP contribution in [0.4, 0.5) is 10.5 Å². The van der Waals surface area contributed by atoms with E-state index in [-0.39, 0.29) is 10.6 Å². The Balaban J connectivity index is 2.01. The first-order valence-electron chi connectivity index (χ1n) is 9.99. The summed E-state index contributed by atoms with van der Waals surface area (Å²) in [6.45, 7) is 6.43. The van der Waals surface area contributed by atoms with Gasteiger partial charge in [-0.1, -0.05) is 30.7 Å². The van der Waals surface area contributed by atoms with Crippen molar-refractivity contribution in [1.82, 2.24) is 5.32 Å². The topological polar surface area (TPSA) is 84.9 Å². The van der Waals surface area contributed by atoms with Crippen LogP contribution in [0.25, 0.3) is 6.08 Å². The molecule has 1 aliphatic heterocycles. The fourth-order valence-electron chi connectivity index (χ4n) is 3.16. The molecule has 1 N–H and O–H groups in total. The van der Waals surface area contributed by atoms with E-state index in [0.29, 0.717) is 36.0 Å². The molecule has 0 bridgehead atoms. The van der Waals surface area contributed by atoms with Gasteiger partial charge in [-0.15, -0.1) is 0 Å². The van der Waals surface area contributed by atoms with Crippen LogP contribution >= 0.6 is 11.6 Å². The summed E-state index contributed by atoms with van der Waals surface area (Å²) in [6.07, 6.45) is 2.20. The Morgan fingerprint density at radius 3 is 2.29 bits per heavy atom. The van der Waals surface area contributed by atoms with Crippen molar-refractivity contribution in [3.63, 3.8) is 0 Å². The molecule has 0 aromatic heterocycles. The van der Waals surface area contributed by atoms with Gasteiger partial charge in [-0.05, 0) is 61.7 Å². The van der Waals surface area contributed by atoms with Crippen LogP contribution in [0, 0.1) is 0 Å². The van der Waals surface area contributed by atoms with Crippen molar-refractivity contribution in [2.24, 2.45) is 0 Å². The van der Waals surface area contributed by atoms with Gasteiger partial charge in [0.2, 0.25) is 0 Å². The zero-order chi connectivity index (χ0) is 22.5. The minimum Gasteiger partial charge on any atom is -0.490 e. The number of benzene rings is 2. The molecule has 3 rings (SSSR count). The number of carbonyl (C=O) groups excluding carboxylic acids is 3. The molecule has 8 heteroatoms. The Kier molecular flexibility index (Phi) is 6.97. The van der Waals surface area contributed by atoms with Crippen LogP contribution in [0.3, 0.4) is 0 Å². The highest BCUT2D eigenvalue weighted by Gasteiger charge is 2.36. The molecule has 0 aliphatic carbocycles. The van der Waals surface area contributed by atoms with E-state index < -0.39 is 17.8 Å². The Morgan fingerprint density at radius 2 is 1.68 bits per heavy atom. The molecule has 0 atom stereocenters. The third-order valence-electron chi connectivity index (χ3n) is 4.64. The number of hydrogen-bond donors (Lipinski definition) is 1. The van der Waals surface area contributed by atoms with E-state index in [9.17, 15) is 14.4 Å². The van der Waals surface area contributed by atoms with E-state index in [1.54, 1.807) is 24.3 Å². The zero-order valence-corrected chi connectivity index (χ0v) is 18.3. The van der Waals surface area contributed by atoms with Crippen molar-refractivity contribution < 1.29 is 23.9 Å². The lowest BCUT2D eigenvalue weighted by Gasteiger charge is -2.26. The summed E-state index contributed by atoms with van der Waals surface area (Å²) in [5.41, 5.74) is 1.71. The van der Waals surface area contributed by atoms with Gasteiger partial charge in [0.15, 0.2) is 11.5 Å². The Bertz CT molecular complexity index is 1050. The largest absolute Gasteiger partial charge is 0.490 e. The second kappa shape index (κ2) is 9.66. The molecule has 162 valence electrons. The molecule has 4 amide bonds. The molecule has 7 nitrogen and oxygen atoms in total. The van der Waals surface area contributed by atoms with Crippen LogP contribution in [0.15, 0.2) is 42.0 Å². The molecule has 0 saturated carbocycles. The first-order chi connectivity index (χ1) is 14.9. The maximum Gasteiger partial charge on any atom is 0.335 e. The van der Waals surface area contributed by atoms with Gasteiger partial charge in [0, 0.05) is 0 Å². The third-order valence-corrected chi connectivity index (χ3v) is 4.92. The van der Waals surface area contributed by atoms with Gasteiger partial charge in [-0.25, -0.2) is 9.69 Å². The van der Waals surface area contributed by atoms with E-state index in [1.807, 2.05) is 32.9 Å². The molecule has 2 aromatic rings. The summed E-state index contributed by atoms with van der Waals surface area (Å²) < 4.78 is 11.1. The van der Waals surface area contributed by atoms with Gasteiger partial charge in [0.25, 0.3) is 11.8 Å². The third kappa shape index (κ3) is 4.72. The first kappa shape index (κ1) is 22.4. The minimum absolute atomic E-state index is 0.193. The number of carbonyl (C=O) groups is 3. The van der Waals surface area contributed by atoms with E-state index in [2.05, 4.69) is 5.32 Å². The van der Waals surface area contributed by atoms with Crippen molar-refractivity contribution in [1.29, 1.82) is 0 Å². The zero-order valence-electron chi connectivity index (χ0n) is 17.5. The number of aryl methyl sites for hydroxylation is 1. The summed E-state index contributed by atoms with van der Waals surface area (Å²) in [5.74, 6) is -0.712. The maximum absolute atomic E-state index is 13.1. The highest BCUT2D eigenvalue weighted by Crippen LogP contribution is 2.37. The summed E-state index contributed by atoms with van der Waals surface area (Å²) in [5, 5.41) is 2.50. The van der Waals surface area contributed by atoms with Crippen molar-refractivity contribution in [2.45, 2.75) is 27.2 Å². The van der Waals surface area contributed by atoms with Gasteiger partial charge in [-0.2, -0.15) is 0 Å². The molecule has 0 unspecified atom stereocenters. The smallest absolute Gasteiger partial charge is 0.335 e. The molecule has 2 aromatic carbocycles. The fraction of sp³-hybridized carbons (Fsp3) is 0.261. The van der Waals surface area contributed by atoms with E-state index in [0.717, 1.165) is 16.9 Å². The SMILES string of the molecule is CCOc1cc(/C=C2/C(=O)NC(=O)N(c3ccc(CC)cc3)C2=O)cc(Cl)c1OCC. The average Bonchev–Trinajstić information content (AvgIpc) is 2.74. The summed E-state index contributed by atoms with van der Waals surface area (Å²) in [6, 6.07) is 9.41. The van der Waals surface area contributed by atoms with Gasteiger partial charge in [-0.3, -0.25) is 14.9 Å².